The first-order valence-corrected chi connectivity index (χ1v) is 5.71. The van der Waals surface area contributed by atoms with Gasteiger partial charge in [-0.3, -0.25) is 0 Å². The summed E-state index contributed by atoms with van der Waals surface area (Å²) in [6.45, 7) is 0.656. The summed E-state index contributed by atoms with van der Waals surface area (Å²) >= 11 is 1.80. The van der Waals surface area contributed by atoms with Gasteiger partial charge in [0.1, 0.15) is 0 Å². The van der Waals surface area contributed by atoms with Gasteiger partial charge in [0.2, 0.25) is 0 Å². The smallest absolute Gasteiger partial charge is 0.0960 e. The van der Waals surface area contributed by atoms with Crippen molar-refractivity contribution in [3.8, 4) is 0 Å². The Labute approximate surface area is 83.0 Å². The van der Waals surface area contributed by atoms with E-state index in [2.05, 4.69) is 10.4 Å². The standard InChI is InChI=1S/C10H15NOS/c1-12-6-9-7-13-10(11-9)8-4-2-3-5-8/h7-8H,2-6H2,1H3. The topological polar surface area (TPSA) is 22.1 Å². The minimum Gasteiger partial charge on any atom is -0.378 e. The van der Waals surface area contributed by atoms with Crippen molar-refractivity contribution in [1.82, 2.24) is 4.98 Å². The summed E-state index contributed by atoms with van der Waals surface area (Å²) in [5.74, 6) is 0.746. The molecule has 0 amide bonds. The van der Waals surface area contributed by atoms with Crippen molar-refractivity contribution in [3.05, 3.63) is 16.1 Å². The first-order valence-electron chi connectivity index (χ1n) is 4.83. The molecule has 0 aromatic carbocycles. The highest BCUT2D eigenvalue weighted by atomic mass is 32.1. The predicted octanol–water partition coefficient (Wildman–Crippen LogP) is 2.95. The molecule has 1 heterocycles. The Hall–Kier alpha value is -0.410. The zero-order valence-corrected chi connectivity index (χ0v) is 8.77. The summed E-state index contributed by atoms with van der Waals surface area (Å²) in [6, 6.07) is 0. The zero-order valence-electron chi connectivity index (χ0n) is 7.95. The lowest BCUT2D eigenvalue weighted by Crippen LogP contribution is -1.93. The van der Waals surface area contributed by atoms with Gasteiger partial charge in [-0.15, -0.1) is 11.3 Å². The van der Waals surface area contributed by atoms with E-state index in [0.29, 0.717) is 6.61 Å². The molecule has 1 saturated carbocycles. The van der Waals surface area contributed by atoms with Crippen LogP contribution >= 0.6 is 11.3 Å². The highest BCUT2D eigenvalue weighted by Crippen LogP contribution is 2.35. The SMILES string of the molecule is COCc1csc(C2CCCC2)n1. The van der Waals surface area contributed by atoms with Crippen LogP contribution in [0, 0.1) is 0 Å². The normalized spacial score (nSPS) is 18.2. The number of ether oxygens (including phenoxy) is 1. The maximum atomic E-state index is 5.05. The summed E-state index contributed by atoms with van der Waals surface area (Å²) in [6.07, 6.45) is 5.42. The molecule has 0 radical (unpaired) electrons. The van der Waals surface area contributed by atoms with Crippen molar-refractivity contribution in [2.45, 2.75) is 38.2 Å². The maximum Gasteiger partial charge on any atom is 0.0960 e. The van der Waals surface area contributed by atoms with E-state index in [1.165, 1.54) is 30.7 Å². The molecule has 13 heavy (non-hydrogen) atoms. The Morgan fingerprint density at radius 1 is 1.54 bits per heavy atom. The molecule has 72 valence electrons. The molecule has 2 rings (SSSR count). The van der Waals surface area contributed by atoms with E-state index in [1.54, 1.807) is 18.4 Å². The Kier molecular flexibility index (Phi) is 2.96. The lowest BCUT2D eigenvalue weighted by molar-refractivity contribution is 0.182. The first-order chi connectivity index (χ1) is 6.40. The van der Waals surface area contributed by atoms with E-state index in [1.807, 2.05) is 0 Å². The van der Waals surface area contributed by atoms with Crippen molar-refractivity contribution >= 4 is 11.3 Å². The van der Waals surface area contributed by atoms with Crippen LogP contribution in [-0.2, 0) is 11.3 Å². The molecular weight excluding hydrogens is 182 g/mol. The van der Waals surface area contributed by atoms with Crippen LogP contribution in [-0.4, -0.2) is 12.1 Å². The van der Waals surface area contributed by atoms with E-state index in [9.17, 15) is 0 Å². The molecule has 0 spiro atoms. The van der Waals surface area contributed by atoms with Crippen LogP contribution in [0.5, 0.6) is 0 Å². The number of rotatable bonds is 3. The average Bonchev–Trinajstić information content (AvgIpc) is 2.70. The number of hydrogen-bond acceptors (Lipinski definition) is 3. The fourth-order valence-corrected chi connectivity index (χ4v) is 2.87. The van der Waals surface area contributed by atoms with Crippen molar-refractivity contribution < 1.29 is 4.74 Å². The molecule has 1 aliphatic carbocycles. The van der Waals surface area contributed by atoms with Gasteiger partial charge < -0.3 is 4.74 Å². The third kappa shape index (κ3) is 2.09. The predicted molar refractivity (Wildman–Crippen MR) is 54.0 cm³/mol. The molecule has 0 atom stereocenters. The minimum atomic E-state index is 0.656. The molecule has 3 heteroatoms. The van der Waals surface area contributed by atoms with Gasteiger partial charge in [0.05, 0.1) is 17.3 Å². The van der Waals surface area contributed by atoms with Gasteiger partial charge >= 0.3 is 0 Å². The number of methoxy groups -OCH3 is 1. The minimum absolute atomic E-state index is 0.656. The van der Waals surface area contributed by atoms with Gasteiger partial charge in [-0.05, 0) is 12.8 Å². The van der Waals surface area contributed by atoms with Crippen LogP contribution in [0.25, 0.3) is 0 Å². The van der Waals surface area contributed by atoms with E-state index in [4.69, 9.17) is 4.74 Å². The van der Waals surface area contributed by atoms with E-state index in [-0.39, 0.29) is 0 Å². The third-order valence-corrected chi connectivity index (χ3v) is 3.62. The molecule has 0 unspecified atom stereocenters. The highest BCUT2D eigenvalue weighted by Gasteiger charge is 2.19. The van der Waals surface area contributed by atoms with Crippen LogP contribution in [0.4, 0.5) is 0 Å². The van der Waals surface area contributed by atoms with Gasteiger partial charge in [-0.25, -0.2) is 4.98 Å². The molecule has 0 saturated heterocycles. The van der Waals surface area contributed by atoms with Crippen molar-refractivity contribution in [1.29, 1.82) is 0 Å². The molecule has 1 fully saturated rings. The first kappa shape index (κ1) is 9.16. The quantitative estimate of drug-likeness (QED) is 0.743. The Bertz CT molecular complexity index is 266. The second kappa shape index (κ2) is 4.20. The number of aromatic nitrogens is 1. The summed E-state index contributed by atoms with van der Waals surface area (Å²) in [4.78, 5) is 4.58. The number of thiazole rings is 1. The van der Waals surface area contributed by atoms with Crippen molar-refractivity contribution in [2.24, 2.45) is 0 Å². The van der Waals surface area contributed by atoms with Crippen LogP contribution in [0.15, 0.2) is 5.38 Å². The monoisotopic (exact) mass is 197 g/mol. The lowest BCUT2D eigenvalue weighted by atomic mass is 10.1. The van der Waals surface area contributed by atoms with Gasteiger partial charge in [-0.1, -0.05) is 12.8 Å². The molecule has 0 N–H and O–H groups in total. The average molecular weight is 197 g/mol. The fraction of sp³-hybridized carbons (Fsp3) is 0.700. The van der Waals surface area contributed by atoms with Gasteiger partial charge in [0.25, 0.3) is 0 Å². The molecule has 1 aromatic rings. The number of nitrogens with zero attached hydrogens (tertiary/aromatic N) is 1. The molecule has 1 aromatic heterocycles. The molecule has 0 bridgehead atoms. The molecule has 0 aliphatic heterocycles. The van der Waals surface area contributed by atoms with Crippen LogP contribution in [0.2, 0.25) is 0 Å². The van der Waals surface area contributed by atoms with Gasteiger partial charge in [0, 0.05) is 18.4 Å². The maximum absolute atomic E-state index is 5.05. The summed E-state index contributed by atoms with van der Waals surface area (Å²) in [5.41, 5.74) is 1.09. The largest absolute Gasteiger partial charge is 0.378 e. The highest BCUT2D eigenvalue weighted by molar-refractivity contribution is 7.09. The van der Waals surface area contributed by atoms with Gasteiger partial charge in [-0.2, -0.15) is 0 Å². The third-order valence-electron chi connectivity index (χ3n) is 2.57. The van der Waals surface area contributed by atoms with Crippen LogP contribution in [0.1, 0.15) is 42.3 Å². The Balaban J connectivity index is 2.03. The van der Waals surface area contributed by atoms with Crippen LogP contribution < -0.4 is 0 Å². The van der Waals surface area contributed by atoms with E-state index < -0.39 is 0 Å². The number of hydrogen-bond donors (Lipinski definition) is 0. The summed E-state index contributed by atoms with van der Waals surface area (Å²) in [5, 5.41) is 3.45. The van der Waals surface area contributed by atoms with Crippen LogP contribution in [0.3, 0.4) is 0 Å². The molecule has 1 aliphatic rings. The lowest BCUT2D eigenvalue weighted by Gasteiger charge is -2.02. The fourth-order valence-electron chi connectivity index (χ4n) is 1.90. The second-order valence-corrected chi connectivity index (χ2v) is 4.48. The second-order valence-electron chi connectivity index (χ2n) is 3.59. The van der Waals surface area contributed by atoms with Crippen molar-refractivity contribution in [2.75, 3.05) is 7.11 Å². The molecule has 2 nitrogen and oxygen atoms in total. The Morgan fingerprint density at radius 3 is 3.00 bits per heavy atom. The van der Waals surface area contributed by atoms with E-state index in [0.717, 1.165) is 11.6 Å². The zero-order chi connectivity index (χ0) is 9.10. The molecular formula is C10H15NOS. The summed E-state index contributed by atoms with van der Waals surface area (Å²) < 4.78 is 5.05. The summed E-state index contributed by atoms with van der Waals surface area (Å²) in [7, 11) is 1.72. The van der Waals surface area contributed by atoms with E-state index >= 15 is 0 Å². The Morgan fingerprint density at radius 2 is 2.31 bits per heavy atom. The van der Waals surface area contributed by atoms with Crippen molar-refractivity contribution in [3.63, 3.8) is 0 Å². The van der Waals surface area contributed by atoms with Gasteiger partial charge in [0.15, 0.2) is 0 Å².